The summed E-state index contributed by atoms with van der Waals surface area (Å²) < 4.78 is 6.20. The summed E-state index contributed by atoms with van der Waals surface area (Å²) in [5.74, 6) is 0. The molecule has 0 aromatic rings. The second-order valence-electron chi connectivity index (χ2n) is 6.83. The number of rotatable bonds is 2. The summed E-state index contributed by atoms with van der Waals surface area (Å²) in [6, 6.07) is 1.26. The maximum absolute atomic E-state index is 6.20. The largest absolute Gasteiger partial charge is 0.368 e. The van der Waals surface area contributed by atoms with Crippen LogP contribution in [0.25, 0.3) is 0 Å². The van der Waals surface area contributed by atoms with Gasteiger partial charge in [0.25, 0.3) is 0 Å². The Morgan fingerprint density at radius 1 is 1.12 bits per heavy atom. The molecule has 0 radical (unpaired) electrons. The summed E-state index contributed by atoms with van der Waals surface area (Å²) in [6.07, 6.45) is 3.67. The van der Waals surface area contributed by atoms with Crippen molar-refractivity contribution in [2.24, 2.45) is 0 Å². The Bertz CT molecular complexity index is 269. The molecule has 1 unspecified atom stereocenters. The third kappa shape index (κ3) is 2.83. The normalized spacial score (nSPS) is 33.2. The van der Waals surface area contributed by atoms with Crippen LogP contribution < -0.4 is 5.32 Å². The van der Waals surface area contributed by atoms with Crippen LogP contribution >= 0.6 is 0 Å². The molecule has 0 aromatic heterocycles. The Hall–Kier alpha value is -0.120. The molecule has 17 heavy (non-hydrogen) atoms. The van der Waals surface area contributed by atoms with Gasteiger partial charge in [0, 0.05) is 12.1 Å². The van der Waals surface area contributed by atoms with Crippen LogP contribution in [0, 0.1) is 0 Å². The van der Waals surface area contributed by atoms with Crippen LogP contribution in [0.2, 0.25) is 0 Å². The van der Waals surface area contributed by atoms with Crippen molar-refractivity contribution < 1.29 is 4.74 Å². The predicted octanol–water partition coefficient (Wildman–Crippen LogP) is 2.02. The first-order chi connectivity index (χ1) is 7.82. The topological polar surface area (TPSA) is 24.5 Å². The Kier molecular flexibility index (Phi) is 3.54. The maximum Gasteiger partial charge on any atom is 0.0789 e. The average molecular weight is 240 g/mol. The van der Waals surface area contributed by atoms with Gasteiger partial charge < -0.3 is 10.1 Å². The number of hydrogen-bond donors (Lipinski definition) is 1. The highest BCUT2D eigenvalue weighted by atomic mass is 16.5. The molecule has 3 nitrogen and oxygen atoms in total. The van der Waals surface area contributed by atoms with E-state index < -0.39 is 0 Å². The monoisotopic (exact) mass is 240 g/mol. The van der Waals surface area contributed by atoms with Crippen molar-refractivity contribution in [3.8, 4) is 0 Å². The second-order valence-corrected chi connectivity index (χ2v) is 6.83. The van der Waals surface area contributed by atoms with Gasteiger partial charge in [0.15, 0.2) is 0 Å². The number of piperidine rings is 1. The van der Waals surface area contributed by atoms with Crippen LogP contribution in [-0.2, 0) is 4.74 Å². The quantitative estimate of drug-likeness (QED) is 0.799. The van der Waals surface area contributed by atoms with Crippen LogP contribution in [0.1, 0.15) is 47.0 Å². The van der Waals surface area contributed by atoms with E-state index in [0.29, 0.717) is 6.04 Å². The lowest BCUT2D eigenvalue weighted by Crippen LogP contribution is -2.51. The van der Waals surface area contributed by atoms with E-state index in [2.05, 4.69) is 45.0 Å². The number of likely N-dealkylation sites (N-methyl/N-ethyl adjacent to an activating group) is 1. The maximum atomic E-state index is 6.20. The van der Waals surface area contributed by atoms with Crippen molar-refractivity contribution in [3.63, 3.8) is 0 Å². The van der Waals surface area contributed by atoms with Gasteiger partial charge in [0.2, 0.25) is 0 Å². The molecular formula is C14H28N2O. The minimum atomic E-state index is -0.0247. The zero-order valence-corrected chi connectivity index (χ0v) is 12.0. The molecule has 100 valence electrons. The minimum absolute atomic E-state index is 0.0232. The summed E-state index contributed by atoms with van der Waals surface area (Å²) in [6.45, 7) is 11.2. The van der Waals surface area contributed by atoms with Gasteiger partial charge in [-0.25, -0.2) is 0 Å². The van der Waals surface area contributed by atoms with Crippen molar-refractivity contribution in [1.82, 2.24) is 10.2 Å². The first kappa shape index (κ1) is 13.3. The molecule has 2 heterocycles. The van der Waals surface area contributed by atoms with Gasteiger partial charge >= 0.3 is 0 Å². The molecule has 2 fully saturated rings. The Labute approximate surface area is 106 Å². The van der Waals surface area contributed by atoms with Crippen molar-refractivity contribution >= 4 is 0 Å². The Balaban J connectivity index is 2.05. The fourth-order valence-electron chi connectivity index (χ4n) is 3.64. The van der Waals surface area contributed by atoms with Crippen LogP contribution in [0.15, 0.2) is 0 Å². The summed E-state index contributed by atoms with van der Waals surface area (Å²) in [5.41, 5.74) is -0.00152. The van der Waals surface area contributed by atoms with Gasteiger partial charge in [-0.15, -0.1) is 0 Å². The number of nitrogens with zero attached hydrogens (tertiary/aromatic N) is 1. The van der Waals surface area contributed by atoms with Crippen molar-refractivity contribution in [2.45, 2.75) is 70.2 Å². The lowest BCUT2D eigenvalue weighted by molar-refractivity contribution is -0.0824. The van der Waals surface area contributed by atoms with E-state index in [1.807, 2.05) is 0 Å². The number of hydrogen-bond acceptors (Lipinski definition) is 3. The van der Waals surface area contributed by atoms with Gasteiger partial charge in [0.05, 0.1) is 11.2 Å². The van der Waals surface area contributed by atoms with E-state index in [9.17, 15) is 0 Å². The van der Waals surface area contributed by atoms with Crippen molar-refractivity contribution in [3.05, 3.63) is 0 Å². The highest BCUT2D eigenvalue weighted by molar-refractivity contribution is 5.01. The molecule has 3 heteroatoms. The van der Waals surface area contributed by atoms with Crippen LogP contribution in [0.4, 0.5) is 0 Å². The van der Waals surface area contributed by atoms with E-state index in [-0.39, 0.29) is 11.2 Å². The summed E-state index contributed by atoms with van der Waals surface area (Å²) in [7, 11) is 2.28. The van der Waals surface area contributed by atoms with Gasteiger partial charge in [-0.3, -0.25) is 4.90 Å². The summed E-state index contributed by atoms with van der Waals surface area (Å²) in [5, 5.41) is 3.44. The van der Waals surface area contributed by atoms with Gasteiger partial charge in [-0.2, -0.15) is 0 Å². The van der Waals surface area contributed by atoms with E-state index in [0.717, 1.165) is 25.6 Å². The molecule has 0 saturated carbocycles. The van der Waals surface area contributed by atoms with Crippen LogP contribution in [0.5, 0.6) is 0 Å². The molecule has 2 saturated heterocycles. The number of nitrogens with one attached hydrogen (secondary N) is 1. The van der Waals surface area contributed by atoms with Gasteiger partial charge in [-0.1, -0.05) is 0 Å². The van der Waals surface area contributed by atoms with Crippen LogP contribution in [-0.4, -0.2) is 48.3 Å². The molecule has 0 amide bonds. The van der Waals surface area contributed by atoms with Gasteiger partial charge in [0.1, 0.15) is 0 Å². The molecule has 1 atom stereocenters. The van der Waals surface area contributed by atoms with Crippen LogP contribution in [0.3, 0.4) is 0 Å². The van der Waals surface area contributed by atoms with E-state index in [4.69, 9.17) is 4.74 Å². The summed E-state index contributed by atoms with van der Waals surface area (Å²) >= 11 is 0. The SMILES string of the molecule is CN(C1CCNCC1)C1CC(C)(C)OC1(C)C. The van der Waals surface area contributed by atoms with E-state index in [1.54, 1.807) is 0 Å². The lowest BCUT2D eigenvalue weighted by Gasteiger charge is -2.40. The molecule has 0 spiro atoms. The average Bonchev–Trinajstić information content (AvgIpc) is 2.47. The van der Waals surface area contributed by atoms with Crippen molar-refractivity contribution in [2.75, 3.05) is 20.1 Å². The number of ether oxygens (including phenoxy) is 1. The smallest absolute Gasteiger partial charge is 0.0789 e. The standard InChI is InChI=1S/C14H28N2O/c1-13(2)10-12(14(3,4)17-13)16(5)11-6-8-15-9-7-11/h11-12,15H,6-10H2,1-5H3. The minimum Gasteiger partial charge on any atom is -0.368 e. The zero-order chi connectivity index (χ0) is 12.7. The van der Waals surface area contributed by atoms with Crippen molar-refractivity contribution in [1.29, 1.82) is 0 Å². The van der Waals surface area contributed by atoms with E-state index >= 15 is 0 Å². The third-order valence-electron chi connectivity index (χ3n) is 4.40. The predicted molar refractivity (Wildman–Crippen MR) is 71.3 cm³/mol. The first-order valence-corrected chi connectivity index (χ1v) is 6.95. The molecule has 0 bridgehead atoms. The zero-order valence-electron chi connectivity index (χ0n) is 12.0. The fourth-order valence-corrected chi connectivity index (χ4v) is 3.64. The summed E-state index contributed by atoms with van der Waals surface area (Å²) in [4.78, 5) is 2.58. The van der Waals surface area contributed by atoms with E-state index in [1.165, 1.54) is 12.8 Å². The molecule has 2 aliphatic heterocycles. The Morgan fingerprint density at radius 2 is 1.71 bits per heavy atom. The molecule has 0 aromatic carbocycles. The highest BCUT2D eigenvalue weighted by Gasteiger charge is 2.48. The molecule has 2 aliphatic rings. The second kappa shape index (κ2) is 4.52. The third-order valence-corrected chi connectivity index (χ3v) is 4.40. The molecule has 1 N–H and O–H groups in total. The molecule has 0 aliphatic carbocycles. The first-order valence-electron chi connectivity index (χ1n) is 6.95. The molecule has 2 rings (SSSR count). The van der Waals surface area contributed by atoms with Gasteiger partial charge in [-0.05, 0) is 67.1 Å². The molecular weight excluding hydrogens is 212 g/mol. The lowest BCUT2D eigenvalue weighted by atomic mass is 9.91. The fraction of sp³-hybridized carbons (Fsp3) is 1.00. The highest BCUT2D eigenvalue weighted by Crippen LogP contribution is 2.40. The Morgan fingerprint density at radius 3 is 2.18 bits per heavy atom.